The van der Waals surface area contributed by atoms with Crippen LogP contribution < -0.4 is 15.2 Å². The Kier molecular flexibility index (Phi) is 5.36. The van der Waals surface area contributed by atoms with Gasteiger partial charge in [0.2, 0.25) is 10.0 Å². The fourth-order valence-corrected chi connectivity index (χ4v) is 2.38. The highest BCUT2D eigenvalue weighted by Gasteiger charge is 2.09. The second kappa shape index (κ2) is 7.26. The number of carbonyl (C=O) groups is 1. The van der Waals surface area contributed by atoms with Crippen molar-refractivity contribution in [2.75, 3.05) is 13.2 Å². The molecule has 0 unspecified atom stereocenters. The predicted octanol–water partition coefficient (Wildman–Crippen LogP) is 1.45. The predicted molar refractivity (Wildman–Crippen MR) is 86.8 cm³/mol. The van der Waals surface area contributed by atoms with Crippen molar-refractivity contribution in [3.05, 3.63) is 59.7 Å². The molecule has 0 fully saturated rings. The Labute approximate surface area is 135 Å². The van der Waals surface area contributed by atoms with Crippen LogP contribution in [0, 0.1) is 6.92 Å². The molecule has 0 radical (unpaired) electrons. The van der Waals surface area contributed by atoms with Gasteiger partial charge in [0, 0.05) is 5.56 Å². The molecule has 6 nitrogen and oxygen atoms in total. The summed E-state index contributed by atoms with van der Waals surface area (Å²) in [5.74, 6) is 0.431. The first-order valence-electron chi connectivity index (χ1n) is 6.97. The van der Waals surface area contributed by atoms with Gasteiger partial charge < -0.3 is 10.1 Å². The average molecular weight is 334 g/mol. The summed E-state index contributed by atoms with van der Waals surface area (Å²) < 4.78 is 27.8. The molecule has 1 amide bonds. The lowest BCUT2D eigenvalue weighted by molar-refractivity contribution is 0.0947. The maximum atomic E-state index is 11.9. The molecule has 2 aromatic rings. The second-order valence-corrected chi connectivity index (χ2v) is 6.55. The molecule has 23 heavy (non-hydrogen) atoms. The Hall–Kier alpha value is -2.38. The van der Waals surface area contributed by atoms with Crippen molar-refractivity contribution >= 4 is 15.9 Å². The van der Waals surface area contributed by atoms with Gasteiger partial charge in [0.25, 0.3) is 5.91 Å². The van der Waals surface area contributed by atoms with Crippen LogP contribution >= 0.6 is 0 Å². The van der Waals surface area contributed by atoms with E-state index in [2.05, 4.69) is 5.32 Å². The van der Waals surface area contributed by atoms with Crippen LogP contribution in [0.2, 0.25) is 0 Å². The number of ether oxygens (including phenoxy) is 1. The maximum absolute atomic E-state index is 11.9. The molecule has 0 aliphatic carbocycles. The van der Waals surface area contributed by atoms with Gasteiger partial charge in [-0.1, -0.05) is 17.7 Å². The molecule has 0 aliphatic heterocycles. The number of hydrogen-bond donors (Lipinski definition) is 2. The molecule has 0 atom stereocenters. The fraction of sp³-hybridized carbons (Fsp3) is 0.188. The molecule has 3 N–H and O–H groups in total. The minimum Gasteiger partial charge on any atom is -0.492 e. The number of amides is 1. The van der Waals surface area contributed by atoms with Crippen LogP contribution in [0.1, 0.15) is 15.9 Å². The zero-order valence-corrected chi connectivity index (χ0v) is 13.5. The third kappa shape index (κ3) is 5.08. The Balaban J connectivity index is 1.81. The van der Waals surface area contributed by atoms with Gasteiger partial charge in [0.05, 0.1) is 11.4 Å². The lowest BCUT2D eigenvalue weighted by Crippen LogP contribution is -2.28. The molecule has 122 valence electrons. The smallest absolute Gasteiger partial charge is 0.251 e. The van der Waals surface area contributed by atoms with Crippen LogP contribution in [0.3, 0.4) is 0 Å². The van der Waals surface area contributed by atoms with Crippen molar-refractivity contribution in [1.29, 1.82) is 0 Å². The van der Waals surface area contributed by atoms with Gasteiger partial charge in [-0.3, -0.25) is 4.79 Å². The van der Waals surface area contributed by atoms with E-state index in [1.807, 2.05) is 31.2 Å². The van der Waals surface area contributed by atoms with Gasteiger partial charge in [0.15, 0.2) is 0 Å². The van der Waals surface area contributed by atoms with Crippen LogP contribution in [0.15, 0.2) is 53.4 Å². The molecule has 2 rings (SSSR count). The minimum absolute atomic E-state index is 0.0308. The van der Waals surface area contributed by atoms with Crippen LogP contribution in [0.5, 0.6) is 5.75 Å². The standard InChI is InChI=1S/C16H18N2O4S/c1-12-2-6-14(7-3-12)22-11-10-18-16(19)13-4-8-15(9-5-13)23(17,20)21/h2-9H,10-11H2,1H3,(H,18,19)(H2,17,20,21). The number of sulfonamides is 1. The highest BCUT2D eigenvalue weighted by molar-refractivity contribution is 7.89. The van der Waals surface area contributed by atoms with Crippen LogP contribution in [-0.4, -0.2) is 27.5 Å². The SMILES string of the molecule is Cc1ccc(OCCNC(=O)c2ccc(S(N)(=O)=O)cc2)cc1. The van der Waals surface area contributed by atoms with E-state index in [4.69, 9.17) is 9.88 Å². The maximum Gasteiger partial charge on any atom is 0.251 e. The zero-order valence-electron chi connectivity index (χ0n) is 12.7. The fourth-order valence-electron chi connectivity index (χ4n) is 1.87. The lowest BCUT2D eigenvalue weighted by atomic mass is 10.2. The van der Waals surface area contributed by atoms with Gasteiger partial charge in [-0.2, -0.15) is 0 Å². The molecule has 7 heteroatoms. The Bertz CT molecular complexity index is 769. The van der Waals surface area contributed by atoms with E-state index in [0.29, 0.717) is 18.7 Å². The summed E-state index contributed by atoms with van der Waals surface area (Å²) in [6.07, 6.45) is 0. The number of hydrogen-bond acceptors (Lipinski definition) is 4. The molecule has 2 aromatic carbocycles. The van der Waals surface area contributed by atoms with E-state index in [1.165, 1.54) is 24.3 Å². The third-order valence-electron chi connectivity index (χ3n) is 3.12. The van der Waals surface area contributed by atoms with E-state index >= 15 is 0 Å². The summed E-state index contributed by atoms with van der Waals surface area (Å²) in [5, 5.41) is 7.70. The Morgan fingerprint density at radius 2 is 1.70 bits per heavy atom. The van der Waals surface area contributed by atoms with Crippen molar-refractivity contribution in [2.45, 2.75) is 11.8 Å². The molecular formula is C16H18N2O4S. The highest BCUT2D eigenvalue weighted by Crippen LogP contribution is 2.11. The second-order valence-electron chi connectivity index (χ2n) is 4.99. The number of carbonyl (C=O) groups excluding carboxylic acids is 1. The molecule has 0 aliphatic rings. The van der Waals surface area contributed by atoms with E-state index in [9.17, 15) is 13.2 Å². The first-order valence-corrected chi connectivity index (χ1v) is 8.51. The minimum atomic E-state index is -3.75. The number of benzene rings is 2. The van der Waals surface area contributed by atoms with Gasteiger partial charge in [-0.25, -0.2) is 13.6 Å². The monoisotopic (exact) mass is 334 g/mol. The zero-order chi connectivity index (χ0) is 16.9. The summed E-state index contributed by atoms with van der Waals surface area (Å²) in [6, 6.07) is 13.0. The van der Waals surface area contributed by atoms with Gasteiger partial charge in [-0.15, -0.1) is 0 Å². The van der Waals surface area contributed by atoms with E-state index < -0.39 is 10.0 Å². The molecule has 0 spiro atoms. The van der Waals surface area contributed by atoms with Crippen molar-refractivity contribution in [2.24, 2.45) is 5.14 Å². The van der Waals surface area contributed by atoms with Crippen LogP contribution in [0.25, 0.3) is 0 Å². The average Bonchev–Trinajstić information content (AvgIpc) is 2.52. The summed E-state index contributed by atoms with van der Waals surface area (Å²) in [7, 11) is -3.75. The quantitative estimate of drug-likeness (QED) is 0.781. The van der Waals surface area contributed by atoms with Gasteiger partial charge >= 0.3 is 0 Å². The first-order chi connectivity index (χ1) is 10.9. The van der Waals surface area contributed by atoms with Crippen LogP contribution in [0.4, 0.5) is 0 Å². The number of aryl methyl sites for hydroxylation is 1. The van der Waals surface area contributed by atoms with E-state index in [1.54, 1.807) is 0 Å². The molecule has 0 saturated carbocycles. The number of nitrogens with two attached hydrogens (primary N) is 1. The topological polar surface area (TPSA) is 98.5 Å². The third-order valence-corrected chi connectivity index (χ3v) is 4.05. The number of rotatable bonds is 6. The Morgan fingerprint density at radius 3 is 2.26 bits per heavy atom. The summed E-state index contributed by atoms with van der Waals surface area (Å²) in [6.45, 7) is 2.67. The van der Waals surface area contributed by atoms with E-state index in [-0.39, 0.29) is 10.8 Å². The Morgan fingerprint density at radius 1 is 1.09 bits per heavy atom. The summed E-state index contributed by atoms with van der Waals surface area (Å²) in [4.78, 5) is 11.9. The van der Waals surface area contributed by atoms with Crippen molar-refractivity contribution < 1.29 is 17.9 Å². The molecule has 0 heterocycles. The number of primary sulfonamides is 1. The van der Waals surface area contributed by atoms with Gasteiger partial charge in [-0.05, 0) is 43.3 Å². The van der Waals surface area contributed by atoms with Crippen molar-refractivity contribution in [3.8, 4) is 5.75 Å². The van der Waals surface area contributed by atoms with Crippen molar-refractivity contribution in [1.82, 2.24) is 5.32 Å². The molecule has 0 bridgehead atoms. The number of nitrogens with one attached hydrogen (secondary N) is 1. The van der Waals surface area contributed by atoms with Crippen LogP contribution in [-0.2, 0) is 10.0 Å². The van der Waals surface area contributed by atoms with Gasteiger partial charge in [0.1, 0.15) is 12.4 Å². The normalized spacial score (nSPS) is 11.0. The largest absolute Gasteiger partial charge is 0.492 e. The molecule has 0 aromatic heterocycles. The van der Waals surface area contributed by atoms with E-state index in [0.717, 1.165) is 11.3 Å². The van der Waals surface area contributed by atoms with Crippen molar-refractivity contribution in [3.63, 3.8) is 0 Å². The molecular weight excluding hydrogens is 316 g/mol. The first kappa shape index (κ1) is 17.0. The lowest BCUT2D eigenvalue weighted by Gasteiger charge is -2.08. The summed E-state index contributed by atoms with van der Waals surface area (Å²) in [5.41, 5.74) is 1.50. The molecule has 0 saturated heterocycles. The summed E-state index contributed by atoms with van der Waals surface area (Å²) >= 11 is 0. The highest BCUT2D eigenvalue weighted by atomic mass is 32.2.